The first kappa shape index (κ1) is 20.0. The Balaban J connectivity index is 0.00000288. The van der Waals surface area contributed by atoms with Gasteiger partial charge in [-0.2, -0.15) is 5.26 Å². The van der Waals surface area contributed by atoms with Crippen LogP contribution in [-0.2, 0) is 9.53 Å². The van der Waals surface area contributed by atoms with E-state index in [1.807, 2.05) is 24.3 Å². The number of esters is 1. The van der Waals surface area contributed by atoms with Crippen LogP contribution in [0.1, 0.15) is 23.5 Å². The van der Waals surface area contributed by atoms with Crippen LogP contribution in [-0.4, -0.2) is 19.6 Å². The predicted octanol–water partition coefficient (Wildman–Crippen LogP) is 3.91. The number of hydrogen-bond acceptors (Lipinski definition) is 4. The first-order valence-corrected chi connectivity index (χ1v) is 7.53. The largest absolute Gasteiger partial charge is 0.469 e. The zero-order chi connectivity index (χ0) is 16.8. The molecule has 0 heterocycles. The van der Waals surface area contributed by atoms with E-state index in [0.29, 0.717) is 17.1 Å². The van der Waals surface area contributed by atoms with Gasteiger partial charge in [-0.15, -0.1) is 12.4 Å². The molecule has 0 aliphatic rings. The number of rotatable bonds is 5. The number of ether oxygens (including phenoxy) is 1. The van der Waals surface area contributed by atoms with Crippen molar-refractivity contribution in [2.24, 2.45) is 5.73 Å². The van der Waals surface area contributed by atoms with Crippen LogP contribution in [0.15, 0.2) is 42.5 Å². The van der Waals surface area contributed by atoms with Crippen LogP contribution in [0.2, 0.25) is 5.02 Å². The van der Waals surface area contributed by atoms with Crippen molar-refractivity contribution >= 4 is 30.0 Å². The third-order valence-electron chi connectivity index (χ3n) is 3.69. The zero-order valence-electron chi connectivity index (χ0n) is 13.2. The maximum absolute atomic E-state index is 11.5. The fourth-order valence-corrected chi connectivity index (χ4v) is 2.62. The highest BCUT2D eigenvalue weighted by Crippen LogP contribution is 2.32. The van der Waals surface area contributed by atoms with Gasteiger partial charge in [0.05, 0.1) is 25.2 Å². The fourth-order valence-electron chi connectivity index (χ4n) is 2.40. The van der Waals surface area contributed by atoms with E-state index in [-0.39, 0.29) is 30.7 Å². The first-order chi connectivity index (χ1) is 11.1. The number of halogens is 2. The smallest absolute Gasteiger partial charge is 0.306 e. The molecular weight excluding hydrogens is 347 g/mol. The van der Waals surface area contributed by atoms with Crippen LogP contribution in [0.25, 0.3) is 11.1 Å². The quantitative estimate of drug-likeness (QED) is 0.816. The normalized spacial score (nSPS) is 11.1. The Morgan fingerprint density at radius 3 is 2.71 bits per heavy atom. The lowest BCUT2D eigenvalue weighted by molar-refractivity contribution is -0.141. The summed E-state index contributed by atoms with van der Waals surface area (Å²) in [6, 6.07) is 14.9. The summed E-state index contributed by atoms with van der Waals surface area (Å²) in [5, 5.41) is 9.62. The van der Waals surface area contributed by atoms with E-state index in [1.54, 1.807) is 18.2 Å². The van der Waals surface area contributed by atoms with E-state index in [2.05, 4.69) is 6.07 Å². The number of carbonyl (C=O) groups is 1. The van der Waals surface area contributed by atoms with Gasteiger partial charge in [0, 0.05) is 16.5 Å². The second kappa shape index (κ2) is 9.29. The fraction of sp³-hybridized carbons (Fsp3) is 0.222. The predicted molar refractivity (Wildman–Crippen MR) is 97.3 cm³/mol. The Morgan fingerprint density at radius 2 is 2.08 bits per heavy atom. The van der Waals surface area contributed by atoms with E-state index in [9.17, 15) is 4.79 Å². The molecule has 0 spiro atoms. The molecular formula is C18H18Cl2N2O2. The minimum absolute atomic E-state index is 0. The number of methoxy groups -OCH3 is 1. The molecule has 0 fully saturated rings. The van der Waals surface area contributed by atoms with E-state index in [1.165, 1.54) is 7.11 Å². The lowest BCUT2D eigenvalue weighted by Gasteiger charge is -2.16. The van der Waals surface area contributed by atoms with Crippen molar-refractivity contribution in [2.45, 2.75) is 12.3 Å². The SMILES string of the molecule is COC(=O)C[C@@H](CN)c1ccc(Cl)c(-c2cccc(C#N)c2)c1.Cl. The Hall–Kier alpha value is -2.06. The maximum atomic E-state index is 11.5. The van der Waals surface area contributed by atoms with Gasteiger partial charge in [0.15, 0.2) is 0 Å². The van der Waals surface area contributed by atoms with Gasteiger partial charge in [0.1, 0.15) is 0 Å². The lowest BCUT2D eigenvalue weighted by Crippen LogP contribution is -2.17. The van der Waals surface area contributed by atoms with Crippen molar-refractivity contribution in [2.75, 3.05) is 13.7 Å². The molecule has 0 amide bonds. The van der Waals surface area contributed by atoms with E-state index in [0.717, 1.165) is 16.7 Å². The molecule has 24 heavy (non-hydrogen) atoms. The van der Waals surface area contributed by atoms with E-state index in [4.69, 9.17) is 27.3 Å². The monoisotopic (exact) mass is 364 g/mol. The number of nitriles is 1. The zero-order valence-corrected chi connectivity index (χ0v) is 14.7. The van der Waals surface area contributed by atoms with Gasteiger partial charge in [0.2, 0.25) is 0 Å². The third-order valence-corrected chi connectivity index (χ3v) is 4.02. The molecule has 0 aromatic heterocycles. The molecule has 0 aliphatic carbocycles. The molecule has 6 heteroatoms. The van der Waals surface area contributed by atoms with Gasteiger partial charge >= 0.3 is 5.97 Å². The van der Waals surface area contributed by atoms with Gasteiger partial charge < -0.3 is 10.5 Å². The first-order valence-electron chi connectivity index (χ1n) is 7.16. The van der Waals surface area contributed by atoms with Crippen LogP contribution in [0.3, 0.4) is 0 Å². The Labute approximate surface area is 152 Å². The summed E-state index contributed by atoms with van der Waals surface area (Å²) in [6.45, 7) is 0.328. The van der Waals surface area contributed by atoms with Crippen molar-refractivity contribution in [3.8, 4) is 17.2 Å². The molecule has 1 atom stereocenters. The highest BCUT2D eigenvalue weighted by molar-refractivity contribution is 6.33. The Bertz CT molecular complexity index is 757. The van der Waals surface area contributed by atoms with Crippen LogP contribution < -0.4 is 5.73 Å². The van der Waals surface area contributed by atoms with Crippen molar-refractivity contribution in [3.05, 3.63) is 58.6 Å². The minimum Gasteiger partial charge on any atom is -0.469 e. The number of hydrogen-bond donors (Lipinski definition) is 1. The molecule has 0 saturated carbocycles. The molecule has 2 aromatic carbocycles. The molecule has 2 rings (SSSR count). The van der Waals surface area contributed by atoms with Crippen LogP contribution in [0.5, 0.6) is 0 Å². The van der Waals surface area contributed by atoms with Gasteiger partial charge in [-0.3, -0.25) is 4.79 Å². The molecule has 0 aliphatic heterocycles. The molecule has 0 unspecified atom stereocenters. The molecule has 0 bridgehead atoms. The Kier molecular flexibility index (Phi) is 7.73. The average molecular weight is 365 g/mol. The Morgan fingerprint density at radius 1 is 1.33 bits per heavy atom. The summed E-state index contributed by atoms with van der Waals surface area (Å²) in [5.74, 6) is -0.443. The summed E-state index contributed by atoms with van der Waals surface area (Å²) in [5.41, 5.74) is 8.94. The van der Waals surface area contributed by atoms with Crippen molar-refractivity contribution in [3.63, 3.8) is 0 Å². The third kappa shape index (κ3) is 4.72. The second-order valence-corrected chi connectivity index (χ2v) is 5.55. The van der Waals surface area contributed by atoms with Gasteiger partial charge in [-0.25, -0.2) is 0 Å². The van der Waals surface area contributed by atoms with Gasteiger partial charge in [-0.05, 0) is 41.9 Å². The summed E-state index contributed by atoms with van der Waals surface area (Å²) in [7, 11) is 1.36. The average Bonchev–Trinajstić information content (AvgIpc) is 2.60. The van der Waals surface area contributed by atoms with Gasteiger partial charge in [0.25, 0.3) is 0 Å². The van der Waals surface area contributed by atoms with Crippen LogP contribution >= 0.6 is 24.0 Å². The number of nitrogens with zero attached hydrogens (tertiary/aromatic N) is 1. The summed E-state index contributed by atoms with van der Waals surface area (Å²) < 4.78 is 4.72. The highest BCUT2D eigenvalue weighted by Gasteiger charge is 2.17. The summed E-state index contributed by atoms with van der Waals surface area (Å²) in [4.78, 5) is 11.5. The van der Waals surface area contributed by atoms with E-state index < -0.39 is 0 Å². The topological polar surface area (TPSA) is 76.1 Å². The minimum atomic E-state index is -0.302. The van der Waals surface area contributed by atoms with E-state index >= 15 is 0 Å². The van der Waals surface area contributed by atoms with Crippen molar-refractivity contribution in [1.29, 1.82) is 5.26 Å². The number of nitrogens with two attached hydrogens (primary N) is 1. The van der Waals surface area contributed by atoms with Gasteiger partial charge in [-0.1, -0.05) is 29.8 Å². The molecule has 0 radical (unpaired) electrons. The van der Waals surface area contributed by atoms with Crippen LogP contribution in [0.4, 0.5) is 0 Å². The number of carbonyl (C=O) groups excluding carboxylic acids is 1. The molecule has 4 nitrogen and oxygen atoms in total. The lowest BCUT2D eigenvalue weighted by atomic mass is 9.92. The summed E-state index contributed by atoms with van der Waals surface area (Å²) in [6.07, 6.45) is 0.215. The van der Waals surface area contributed by atoms with Crippen LogP contribution in [0, 0.1) is 11.3 Å². The molecule has 2 aromatic rings. The molecule has 0 saturated heterocycles. The molecule has 2 N–H and O–H groups in total. The maximum Gasteiger partial charge on any atom is 0.306 e. The highest BCUT2D eigenvalue weighted by atomic mass is 35.5. The van der Waals surface area contributed by atoms with Crippen molar-refractivity contribution in [1.82, 2.24) is 0 Å². The summed E-state index contributed by atoms with van der Waals surface area (Å²) >= 11 is 6.30. The van der Waals surface area contributed by atoms with Crippen molar-refractivity contribution < 1.29 is 9.53 Å². The molecule has 126 valence electrons. The number of benzene rings is 2. The second-order valence-electron chi connectivity index (χ2n) is 5.14. The standard InChI is InChI=1S/C18H17ClN2O2.ClH/c1-23-18(22)9-15(11-21)13-5-6-17(19)16(8-13)14-4-2-3-12(7-14)10-20;/h2-8,15H,9,11,21H2,1H3;1H/t15-;/m0./s1.